The van der Waals surface area contributed by atoms with Crippen molar-refractivity contribution in [2.24, 2.45) is 11.7 Å². The second-order valence-corrected chi connectivity index (χ2v) is 4.81. The van der Waals surface area contributed by atoms with Gasteiger partial charge in [0.05, 0.1) is 6.61 Å². The molecule has 0 bridgehead atoms. The zero-order valence-corrected chi connectivity index (χ0v) is 10.4. The van der Waals surface area contributed by atoms with Crippen LogP contribution >= 0.6 is 0 Å². The van der Waals surface area contributed by atoms with Crippen LogP contribution in [0.2, 0.25) is 0 Å². The Morgan fingerprint density at radius 3 is 2.56 bits per heavy atom. The van der Waals surface area contributed by atoms with Crippen molar-refractivity contribution in [2.75, 3.05) is 19.8 Å². The van der Waals surface area contributed by atoms with Gasteiger partial charge < -0.3 is 15.8 Å². The third-order valence-electron chi connectivity index (χ3n) is 3.32. The van der Waals surface area contributed by atoms with Crippen molar-refractivity contribution in [3.05, 3.63) is 0 Å². The molecule has 4 nitrogen and oxygen atoms in total. The fourth-order valence-corrected chi connectivity index (χ4v) is 1.43. The quantitative estimate of drug-likeness (QED) is 0.652. The van der Waals surface area contributed by atoms with Crippen LogP contribution in [0.4, 0.5) is 0 Å². The van der Waals surface area contributed by atoms with E-state index >= 15 is 0 Å². The van der Waals surface area contributed by atoms with Crippen LogP contribution in [0.5, 0.6) is 0 Å². The highest BCUT2D eigenvalue weighted by molar-refractivity contribution is 5.77. The van der Waals surface area contributed by atoms with Gasteiger partial charge in [-0.15, -0.1) is 0 Å². The van der Waals surface area contributed by atoms with Gasteiger partial charge in [-0.25, -0.2) is 0 Å². The summed E-state index contributed by atoms with van der Waals surface area (Å²) in [4.78, 5) is 11.4. The molecule has 1 fully saturated rings. The van der Waals surface area contributed by atoms with Gasteiger partial charge in [-0.05, 0) is 31.6 Å². The van der Waals surface area contributed by atoms with Gasteiger partial charge in [0.15, 0.2) is 0 Å². The van der Waals surface area contributed by atoms with Crippen molar-refractivity contribution in [3.63, 3.8) is 0 Å². The first-order valence-corrected chi connectivity index (χ1v) is 6.23. The molecule has 1 rings (SSSR count). The summed E-state index contributed by atoms with van der Waals surface area (Å²) in [6, 6.07) is 0. The standard InChI is InChI=1S/C12H24N2O2/c1-3-12(13,4-2)9-16-8-11(15)14-7-10-5-6-10/h10H,3-9,13H2,1-2H3,(H,14,15). The third-order valence-corrected chi connectivity index (χ3v) is 3.32. The normalized spacial score (nSPS) is 16.2. The number of ether oxygens (including phenoxy) is 1. The molecule has 0 aromatic heterocycles. The van der Waals surface area contributed by atoms with Crippen LogP contribution < -0.4 is 11.1 Å². The van der Waals surface area contributed by atoms with Crippen molar-refractivity contribution < 1.29 is 9.53 Å². The Morgan fingerprint density at radius 1 is 1.44 bits per heavy atom. The van der Waals surface area contributed by atoms with E-state index in [9.17, 15) is 4.79 Å². The Balaban J connectivity index is 2.06. The van der Waals surface area contributed by atoms with E-state index in [2.05, 4.69) is 5.32 Å². The summed E-state index contributed by atoms with van der Waals surface area (Å²) in [5.74, 6) is 0.685. The molecular weight excluding hydrogens is 204 g/mol. The minimum absolute atomic E-state index is 0.0264. The molecule has 0 heterocycles. The molecule has 0 spiro atoms. The number of nitrogens with two attached hydrogens (primary N) is 1. The molecule has 16 heavy (non-hydrogen) atoms. The number of carbonyl (C=O) groups excluding carboxylic acids is 1. The van der Waals surface area contributed by atoms with E-state index in [1.807, 2.05) is 13.8 Å². The number of rotatable bonds is 8. The largest absolute Gasteiger partial charge is 0.370 e. The molecule has 4 heteroatoms. The highest BCUT2D eigenvalue weighted by Gasteiger charge is 2.23. The number of hydrogen-bond acceptors (Lipinski definition) is 3. The first kappa shape index (κ1) is 13.5. The van der Waals surface area contributed by atoms with E-state index in [0.29, 0.717) is 12.5 Å². The van der Waals surface area contributed by atoms with Crippen LogP contribution in [0.25, 0.3) is 0 Å². The minimum atomic E-state index is -0.281. The molecule has 0 aliphatic heterocycles. The molecule has 1 saturated carbocycles. The van der Waals surface area contributed by atoms with Gasteiger partial charge in [-0.1, -0.05) is 13.8 Å². The summed E-state index contributed by atoms with van der Waals surface area (Å²) in [7, 11) is 0. The second-order valence-electron chi connectivity index (χ2n) is 4.81. The molecule has 0 unspecified atom stereocenters. The second kappa shape index (κ2) is 6.21. The third kappa shape index (κ3) is 4.94. The Hall–Kier alpha value is -0.610. The van der Waals surface area contributed by atoms with E-state index in [1.54, 1.807) is 0 Å². The SMILES string of the molecule is CCC(N)(CC)COCC(=O)NCC1CC1. The van der Waals surface area contributed by atoms with E-state index in [4.69, 9.17) is 10.5 Å². The smallest absolute Gasteiger partial charge is 0.246 e. The molecule has 0 aromatic rings. The van der Waals surface area contributed by atoms with Gasteiger partial charge >= 0.3 is 0 Å². The van der Waals surface area contributed by atoms with Gasteiger partial charge in [-0.2, -0.15) is 0 Å². The van der Waals surface area contributed by atoms with E-state index in [0.717, 1.165) is 19.4 Å². The Kier molecular flexibility index (Phi) is 5.22. The highest BCUT2D eigenvalue weighted by Crippen LogP contribution is 2.27. The molecule has 0 atom stereocenters. The van der Waals surface area contributed by atoms with Gasteiger partial charge in [0.25, 0.3) is 0 Å². The Bertz CT molecular complexity index is 223. The minimum Gasteiger partial charge on any atom is -0.370 e. The van der Waals surface area contributed by atoms with Crippen LogP contribution in [-0.4, -0.2) is 31.2 Å². The summed E-state index contributed by atoms with van der Waals surface area (Å²) in [5, 5.41) is 2.86. The van der Waals surface area contributed by atoms with Crippen LogP contribution in [0.3, 0.4) is 0 Å². The Morgan fingerprint density at radius 2 is 2.06 bits per heavy atom. The lowest BCUT2D eigenvalue weighted by Gasteiger charge is -2.25. The average molecular weight is 228 g/mol. The molecule has 1 amide bonds. The predicted octanol–water partition coefficient (Wildman–Crippen LogP) is 1.05. The Labute approximate surface area is 97.9 Å². The van der Waals surface area contributed by atoms with Gasteiger partial charge in [0, 0.05) is 12.1 Å². The topological polar surface area (TPSA) is 64.3 Å². The van der Waals surface area contributed by atoms with Crippen molar-refractivity contribution >= 4 is 5.91 Å². The zero-order valence-electron chi connectivity index (χ0n) is 10.4. The van der Waals surface area contributed by atoms with Crippen LogP contribution in [-0.2, 0) is 9.53 Å². The van der Waals surface area contributed by atoms with E-state index < -0.39 is 0 Å². The van der Waals surface area contributed by atoms with E-state index in [-0.39, 0.29) is 18.1 Å². The van der Waals surface area contributed by atoms with Crippen molar-refractivity contribution in [3.8, 4) is 0 Å². The lowest BCUT2D eigenvalue weighted by atomic mass is 9.96. The summed E-state index contributed by atoms with van der Waals surface area (Å²) in [5.41, 5.74) is 5.78. The maximum Gasteiger partial charge on any atom is 0.246 e. The first-order chi connectivity index (χ1) is 7.59. The summed E-state index contributed by atoms with van der Waals surface area (Å²) in [6.07, 6.45) is 4.23. The molecule has 1 aliphatic rings. The number of nitrogens with one attached hydrogen (secondary N) is 1. The maximum absolute atomic E-state index is 11.4. The first-order valence-electron chi connectivity index (χ1n) is 6.23. The summed E-state index contributed by atoms with van der Waals surface area (Å²) < 4.78 is 5.36. The zero-order chi connectivity index (χ0) is 12.0. The van der Waals surface area contributed by atoms with Crippen molar-refractivity contribution in [1.29, 1.82) is 0 Å². The fourth-order valence-electron chi connectivity index (χ4n) is 1.43. The number of hydrogen-bond donors (Lipinski definition) is 2. The summed E-state index contributed by atoms with van der Waals surface area (Å²) >= 11 is 0. The van der Waals surface area contributed by atoms with Crippen molar-refractivity contribution in [1.82, 2.24) is 5.32 Å². The average Bonchev–Trinajstić information content (AvgIpc) is 3.10. The molecule has 0 saturated heterocycles. The molecule has 3 N–H and O–H groups in total. The molecular formula is C12H24N2O2. The van der Waals surface area contributed by atoms with Gasteiger partial charge in [-0.3, -0.25) is 4.79 Å². The molecule has 1 aliphatic carbocycles. The van der Waals surface area contributed by atoms with Crippen molar-refractivity contribution in [2.45, 2.75) is 45.1 Å². The van der Waals surface area contributed by atoms with E-state index in [1.165, 1.54) is 12.8 Å². The molecule has 0 aromatic carbocycles. The van der Waals surface area contributed by atoms with Gasteiger partial charge in [0.1, 0.15) is 6.61 Å². The number of carbonyl (C=O) groups is 1. The molecule has 0 radical (unpaired) electrons. The lowest BCUT2D eigenvalue weighted by Crippen LogP contribution is -2.44. The lowest BCUT2D eigenvalue weighted by molar-refractivity contribution is -0.126. The monoisotopic (exact) mass is 228 g/mol. The number of amides is 1. The fraction of sp³-hybridized carbons (Fsp3) is 0.917. The van der Waals surface area contributed by atoms with Crippen LogP contribution in [0.1, 0.15) is 39.5 Å². The maximum atomic E-state index is 11.4. The van der Waals surface area contributed by atoms with Crippen LogP contribution in [0, 0.1) is 5.92 Å². The highest BCUT2D eigenvalue weighted by atomic mass is 16.5. The molecule has 94 valence electrons. The predicted molar refractivity (Wildman–Crippen MR) is 64.1 cm³/mol. The van der Waals surface area contributed by atoms with Gasteiger partial charge in [0.2, 0.25) is 5.91 Å². The van der Waals surface area contributed by atoms with Crippen LogP contribution in [0.15, 0.2) is 0 Å². The summed E-state index contributed by atoms with van der Waals surface area (Å²) in [6.45, 7) is 5.47.